The summed E-state index contributed by atoms with van der Waals surface area (Å²) in [4.78, 5) is 9.00. The lowest BCUT2D eigenvalue weighted by Crippen LogP contribution is -1.79. The van der Waals surface area contributed by atoms with E-state index in [-0.39, 0.29) is 24.0 Å². The first-order chi connectivity index (χ1) is 8.52. The van der Waals surface area contributed by atoms with Crippen LogP contribution in [0.4, 0.5) is 0 Å². The summed E-state index contributed by atoms with van der Waals surface area (Å²) in [5.41, 5.74) is 2.06. The topological polar surface area (TPSA) is 37.3 Å². The highest BCUT2D eigenvalue weighted by atomic mass is 127. The van der Waals surface area contributed by atoms with Crippen LogP contribution in [0.3, 0.4) is 0 Å². The first kappa shape index (κ1) is 18.2. The van der Waals surface area contributed by atoms with Gasteiger partial charge in [0, 0.05) is 12.5 Å². The minimum absolute atomic E-state index is 0. The molecular weight excluding hydrogens is 398 g/mol. The van der Waals surface area contributed by atoms with E-state index in [9.17, 15) is 0 Å². The van der Waals surface area contributed by atoms with Gasteiger partial charge in [-0.2, -0.15) is 0 Å². The molecule has 5 heteroatoms. The molecule has 0 atom stereocenters. The molecule has 1 N–H and O–H groups in total. The first-order valence-electron chi connectivity index (χ1n) is 5.21. The van der Waals surface area contributed by atoms with Crippen molar-refractivity contribution in [1.82, 2.24) is 0 Å². The van der Waals surface area contributed by atoms with Gasteiger partial charge in [0.25, 0.3) is 5.97 Å². The third kappa shape index (κ3) is 6.27. The van der Waals surface area contributed by atoms with Crippen LogP contribution in [-0.2, 0) is 4.79 Å². The van der Waals surface area contributed by atoms with Crippen LogP contribution in [0, 0.1) is 0 Å². The Morgan fingerprint density at radius 2 is 1.53 bits per heavy atom. The second-order valence-corrected chi connectivity index (χ2v) is 4.27. The van der Waals surface area contributed by atoms with Gasteiger partial charge in [-0.1, -0.05) is 65.7 Å². The lowest BCUT2D eigenvalue weighted by molar-refractivity contribution is -0.134. The number of carboxylic acid groups (broad SMARTS) is 1. The molecule has 0 bridgehead atoms. The summed E-state index contributed by atoms with van der Waals surface area (Å²) in [5, 5.41) is 8.62. The lowest BCUT2D eigenvalue weighted by Gasteiger charge is -2.04. The minimum atomic E-state index is -0.833. The van der Waals surface area contributed by atoms with Crippen molar-refractivity contribution in [3.05, 3.63) is 58.6 Å². The minimum Gasteiger partial charge on any atom is -0.481 e. The molecule has 0 aliphatic carbocycles. The van der Waals surface area contributed by atoms with Crippen molar-refractivity contribution in [3.8, 4) is 11.1 Å². The van der Waals surface area contributed by atoms with Gasteiger partial charge in [0.05, 0.1) is 10.0 Å². The van der Waals surface area contributed by atoms with Gasteiger partial charge in [-0.25, -0.2) is 0 Å². The van der Waals surface area contributed by atoms with Gasteiger partial charge in [-0.15, -0.1) is 24.0 Å². The molecule has 0 aromatic heterocycles. The molecule has 2 rings (SSSR count). The van der Waals surface area contributed by atoms with Gasteiger partial charge in [-0.05, 0) is 11.6 Å². The maximum absolute atomic E-state index is 9.00. The van der Waals surface area contributed by atoms with Crippen molar-refractivity contribution < 1.29 is 9.90 Å². The third-order valence-corrected chi connectivity index (χ3v) is 2.86. The van der Waals surface area contributed by atoms with E-state index in [0.717, 1.165) is 18.1 Å². The van der Waals surface area contributed by atoms with Crippen LogP contribution >= 0.6 is 47.2 Å². The van der Waals surface area contributed by atoms with E-state index >= 15 is 0 Å². The molecular formula is C14H13Cl2IO2. The number of halogens is 3. The largest absolute Gasteiger partial charge is 0.481 e. The number of benzene rings is 2. The lowest BCUT2D eigenvalue weighted by atomic mass is 10.1. The van der Waals surface area contributed by atoms with Crippen LogP contribution in [0.15, 0.2) is 48.5 Å². The SMILES string of the molecule is CC(=O)O.Clc1cccc(-c2ccccc2)c1Cl.I. The molecule has 0 radical (unpaired) electrons. The number of carbonyl (C=O) groups is 1. The summed E-state index contributed by atoms with van der Waals surface area (Å²) in [6.07, 6.45) is 0. The van der Waals surface area contributed by atoms with Crippen molar-refractivity contribution >= 4 is 53.1 Å². The highest BCUT2D eigenvalue weighted by molar-refractivity contribution is 14.0. The van der Waals surface area contributed by atoms with Gasteiger partial charge < -0.3 is 5.11 Å². The fraction of sp³-hybridized carbons (Fsp3) is 0.0714. The Balaban J connectivity index is 0.000000576. The molecule has 0 fully saturated rings. The quantitative estimate of drug-likeness (QED) is 0.641. The van der Waals surface area contributed by atoms with E-state index in [2.05, 4.69) is 0 Å². The average Bonchev–Trinajstić information content (AvgIpc) is 2.33. The molecule has 0 saturated carbocycles. The first-order valence-corrected chi connectivity index (χ1v) is 5.97. The Bertz CT molecular complexity index is 526. The molecule has 0 spiro atoms. The number of aliphatic carboxylic acids is 1. The van der Waals surface area contributed by atoms with E-state index in [0.29, 0.717) is 10.0 Å². The average molecular weight is 411 g/mol. The summed E-state index contributed by atoms with van der Waals surface area (Å²) in [7, 11) is 0. The van der Waals surface area contributed by atoms with Crippen LogP contribution in [0.1, 0.15) is 6.92 Å². The van der Waals surface area contributed by atoms with Gasteiger partial charge >= 0.3 is 0 Å². The van der Waals surface area contributed by atoms with Crippen LogP contribution in [0.5, 0.6) is 0 Å². The normalized spacial score (nSPS) is 8.79. The predicted octanol–water partition coefficient (Wildman–Crippen LogP) is 5.37. The molecule has 0 heterocycles. The van der Waals surface area contributed by atoms with Gasteiger partial charge in [-0.3, -0.25) is 4.79 Å². The van der Waals surface area contributed by atoms with E-state index in [1.54, 1.807) is 6.07 Å². The predicted molar refractivity (Wildman–Crippen MR) is 90.6 cm³/mol. The summed E-state index contributed by atoms with van der Waals surface area (Å²) in [6, 6.07) is 15.6. The van der Waals surface area contributed by atoms with Crippen molar-refractivity contribution in [2.24, 2.45) is 0 Å². The fourth-order valence-corrected chi connectivity index (χ4v) is 1.75. The molecule has 2 nitrogen and oxygen atoms in total. The smallest absolute Gasteiger partial charge is 0.300 e. The van der Waals surface area contributed by atoms with Crippen LogP contribution in [-0.4, -0.2) is 11.1 Å². The van der Waals surface area contributed by atoms with E-state index in [1.165, 1.54) is 0 Å². The number of hydrogen-bond acceptors (Lipinski definition) is 1. The highest BCUT2D eigenvalue weighted by Gasteiger charge is 2.05. The number of hydrogen-bond donors (Lipinski definition) is 1. The molecule has 0 saturated heterocycles. The zero-order valence-corrected chi connectivity index (χ0v) is 14.0. The standard InChI is InChI=1S/C12H8Cl2.C2H4O2.HI/c13-11-8-4-7-10(12(11)14)9-5-2-1-3-6-9;1-2(3)4;/h1-8H;1H3,(H,3,4);1H. The summed E-state index contributed by atoms with van der Waals surface area (Å²) < 4.78 is 0. The van der Waals surface area contributed by atoms with E-state index in [4.69, 9.17) is 33.1 Å². The molecule has 0 aliphatic heterocycles. The maximum Gasteiger partial charge on any atom is 0.300 e. The van der Waals surface area contributed by atoms with Crippen LogP contribution < -0.4 is 0 Å². The van der Waals surface area contributed by atoms with E-state index < -0.39 is 5.97 Å². The molecule has 2 aromatic rings. The summed E-state index contributed by atoms with van der Waals surface area (Å²) >= 11 is 12.0. The Hall–Kier alpha value is -0.780. The van der Waals surface area contributed by atoms with Crippen LogP contribution in [0.2, 0.25) is 10.0 Å². The third-order valence-electron chi connectivity index (χ3n) is 2.04. The van der Waals surface area contributed by atoms with Crippen molar-refractivity contribution in [2.45, 2.75) is 6.92 Å². The molecule has 102 valence electrons. The molecule has 0 unspecified atom stereocenters. The van der Waals surface area contributed by atoms with Crippen molar-refractivity contribution in [1.29, 1.82) is 0 Å². The zero-order chi connectivity index (χ0) is 13.5. The molecule has 19 heavy (non-hydrogen) atoms. The van der Waals surface area contributed by atoms with Crippen LogP contribution in [0.25, 0.3) is 11.1 Å². The number of rotatable bonds is 1. The summed E-state index contributed by atoms with van der Waals surface area (Å²) in [5.74, 6) is -0.833. The monoisotopic (exact) mass is 410 g/mol. The highest BCUT2D eigenvalue weighted by Crippen LogP contribution is 2.32. The second-order valence-electron chi connectivity index (χ2n) is 3.49. The Morgan fingerprint density at radius 3 is 2.05 bits per heavy atom. The van der Waals surface area contributed by atoms with Crippen molar-refractivity contribution in [3.63, 3.8) is 0 Å². The second kappa shape index (κ2) is 9.18. The summed E-state index contributed by atoms with van der Waals surface area (Å²) in [6.45, 7) is 1.08. The Kier molecular flexibility index (Phi) is 8.80. The maximum atomic E-state index is 9.00. The Labute approximate surface area is 139 Å². The van der Waals surface area contributed by atoms with Gasteiger partial charge in [0.15, 0.2) is 0 Å². The fourth-order valence-electron chi connectivity index (χ4n) is 1.34. The molecule has 2 aromatic carbocycles. The zero-order valence-electron chi connectivity index (χ0n) is 10.1. The molecule has 0 amide bonds. The van der Waals surface area contributed by atoms with E-state index in [1.807, 2.05) is 42.5 Å². The van der Waals surface area contributed by atoms with Gasteiger partial charge in [0.1, 0.15) is 0 Å². The molecule has 0 aliphatic rings. The Morgan fingerprint density at radius 1 is 1.00 bits per heavy atom. The van der Waals surface area contributed by atoms with Crippen molar-refractivity contribution in [2.75, 3.05) is 0 Å². The van der Waals surface area contributed by atoms with Gasteiger partial charge in [0.2, 0.25) is 0 Å². The number of carboxylic acids is 1.